The number of aliphatic hydroxyl groups excluding tert-OH is 1. The van der Waals surface area contributed by atoms with Gasteiger partial charge in [0.1, 0.15) is 6.33 Å². The molecule has 2 N–H and O–H groups in total. The maximum atomic E-state index is 9.67. The summed E-state index contributed by atoms with van der Waals surface area (Å²) in [6, 6.07) is 15.6. The van der Waals surface area contributed by atoms with Crippen LogP contribution in [0.5, 0.6) is 0 Å². The fourth-order valence-electron chi connectivity index (χ4n) is 3.79. The standard InChI is InChI=1S/C23H22ClN7O.ClH/c24-17-2-1-3-19(12-17)31-23-21(14-28-31)22(25-15-26-23)29-27-13-16-4-6-18(7-5-16)30-10-8-20(32)9-11-30;/h1-7,12-15,20,32H,8-11H2,(H,25,26,29);1H. The van der Waals surface area contributed by atoms with E-state index in [1.165, 1.54) is 6.33 Å². The summed E-state index contributed by atoms with van der Waals surface area (Å²) >= 11 is 6.11. The molecule has 33 heavy (non-hydrogen) atoms. The molecule has 0 unspecified atom stereocenters. The van der Waals surface area contributed by atoms with Crippen molar-refractivity contribution in [2.45, 2.75) is 18.9 Å². The molecule has 0 spiro atoms. The third kappa shape index (κ3) is 5.08. The lowest BCUT2D eigenvalue weighted by Crippen LogP contribution is -2.35. The first-order chi connectivity index (χ1) is 15.7. The summed E-state index contributed by atoms with van der Waals surface area (Å²) in [5, 5.41) is 19.8. The lowest BCUT2D eigenvalue weighted by molar-refractivity contribution is 0.145. The lowest BCUT2D eigenvalue weighted by Gasteiger charge is -2.31. The summed E-state index contributed by atoms with van der Waals surface area (Å²) in [4.78, 5) is 11.0. The van der Waals surface area contributed by atoms with Crippen molar-refractivity contribution in [2.75, 3.05) is 23.4 Å². The molecule has 0 aliphatic carbocycles. The first kappa shape index (κ1) is 23.0. The summed E-state index contributed by atoms with van der Waals surface area (Å²) in [6.45, 7) is 1.76. The van der Waals surface area contributed by atoms with Gasteiger partial charge in [0.15, 0.2) is 11.5 Å². The third-order valence-corrected chi connectivity index (χ3v) is 5.76. The van der Waals surface area contributed by atoms with Crippen molar-refractivity contribution < 1.29 is 5.11 Å². The quantitative estimate of drug-likeness (QED) is 0.324. The number of hydrazone groups is 1. The monoisotopic (exact) mass is 483 g/mol. The van der Waals surface area contributed by atoms with Crippen molar-refractivity contribution in [3.8, 4) is 5.69 Å². The molecule has 1 aliphatic heterocycles. The highest BCUT2D eigenvalue weighted by molar-refractivity contribution is 6.30. The normalized spacial score (nSPS) is 14.5. The number of nitrogens with one attached hydrogen (secondary N) is 1. The molecule has 4 aromatic rings. The highest BCUT2D eigenvalue weighted by atomic mass is 35.5. The molecule has 0 radical (unpaired) electrons. The number of nitrogens with zero attached hydrogens (tertiary/aromatic N) is 6. The Morgan fingerprint density at radius 2 is 1.85 bits per heavy atom. The van der Waals surface area contributed by atoms with Crippen molar-refractivity contribution in [3.63, 3.8) is 0 Å². The fraction of sp³-hybridized carbons (Fsp3) is 0.217. The predicted molar refractivity (Wildman–Crippen MR) is 134 cm³/mol. The van der Waals surface area contributed by atoms with Gasteiger partial charge < -0.3 is 10.0 Å². The number of halogens is 2. The van der Waals surface area contributed by atoms with Crippen LogP contribution in [0.2, 0.25) is 5.02 Å². The smallest absolute Gasteiger partial charge is 0.168 e. The van der Waals surface area contributed by atoms with Crippen LogP contribution in [-0.4, -0.2) is 50.3 Å². The van der Waals surface area contributed by atoms with E-state index in [0.29, 0.717) is 16.5 Å². The largest absolute Gasteiger partial charge is 0.393 e. The van der Waals surface area contributed by atoms with Crippen LogP contribution < -0.4 is 10.3 Å². The number of hydrogen-bond acceptors (Lipinski definition) is 7. The Balaban J connectivity index is 0.00000259. The van der Waals surface area contributed by atoms with Crippen molar-refractivity contribution in [1.82, 2.24) is 19.7 Å². The van der Waals surface area contributed by atoms with Crippen LogP contribution in [-0.2, 0) is 0 Å². The first-order valence-electron chi connectivity index (χ1n) is 10.4. The van der Waals surface area contributed by atoms with E-state index in [9.17, 15) is 5.11 Å². The molecule has 0 amide bonds. The minimum Gasteiger partial charge on any atom is -0.393 e. The van der Waals surface area contributed by atoms with E-state index >= 15 is 0 Å². The second-order valence-electron chi connectivity index (χ2n) is 7.68. The Morgan fingerprint density at radius 3 is 2.61 bits per heavy atom. The van der Waals surface area contributed by atoms with Gasteiger partial charge in [0, 0.05) is 23.8 Å². The third-order valence-electron chi connectivity index (χ3n) is 5.53. The molecule has 1 saturated heterocycles. The van der Waals surface area contributed by atoms with E-state index in [-0.39, 0.29) is 18.5 Å². The summed E-state index contributed by atoms with van der Waals surface area (Å²) in [6.07, 6.45) is 6.39. The average Bonchev–Trinajstić information content (AvgIpc) is 3.25. The number of aromatic nitrogens is 4. The summed E-state index contributed by atoms with van der Waals surface area (Å²) in [7, 11) is 0. The molecule has 1 fully saturated rings. The number of rotatable bonds is 5. The number of hydrogen-bond donors (Lipinski definition) is 2. The van der Waals surface area contributed by atoms with E-state index in [0.717, 1.165) is 48.3 Å². The van der Waals surface area contributed by atoms with Gasteiger partial charge in [-0.25, -0.2) is 14.6 Å². The van der Waals surface area contributed by atoms with Gasteiger partial charge in [0.2, 0.25) is 0 Å². The van der Waals surface area contributed by atoms with Gasteiger partial charge in [-0.2, -0.15) is 10.2 Å². The minimum atomic E-state index is -0.172. The molecule has 3 heterocycles. The van der Waals surface area contributed by atoms with Gasteiger partial charge in [0.05, 0.1) is 29.6 Å². The molecule has 0 atom stereocenters. The number of benzene rings is 2. The molecule has 170 valence electrons. The van der Waals surface area contributed by atoms with Gasteiger partial charge in [0.25, 0.3) is 0 Å². The fourth-order valence-corrected chi connectivity index (χ4v) is 3.98. The van der Waals surface area contributed by atoms with Crippen molar-refractivity contribution in [1.29, 1.82) is 0 Å². The average molecular weight is 484 g/mol. The van der Waals surface area contributed by atoms with Gasteiger partial charge >= 0.3 is 0 Å². The maximum absolute atomic E-state index is 9.67. The highest BCUT2D eigenvalue weighted by Crippen LogP contribution is 2.23. The minimum absolute atomic E-state index is 0. The van der Waals surface area contributed by atoms with Crippen molar-refractivity contribution >= 4 is 52.8 Å². The number of fused-ring (bicyclic) bond motifs is 1. The zero-order valence-corrected chi connectivity index (χ0v) is 19.2. The van der Waals surface area contributed by atoms with Crippen LogP contribution in [0.15, 0.2) is 66.2 Å². The van der Waals surface area contributed by atoms with E-state index in [4.69, 9.17) is 11.6 Å². The van der Waals surface area contributed by atoms with E-state index < -0.39 is 0 Å². The summed E-state index contributed by atoms with van der Waals surface area (Å²) in [5.74, 6) is 0.572. The van der Waals surface area contributed by atoms with Gasteiger partial charge in [-0.1, -0.05) is 29.8 Å². The number of aliphatic hydroxyl groups is 1. The Morgan fingerprint density at radius 1 is 1.06 bits per heavy atom. The van der Waals surface area contributed by atoms with Gasteiger partial charge in [-0.15, -0.1) is 12.4 Å². The van der Waals surface area contributed by atoms with Crippen LogP contribution in [0.4, 0.5) is 11.5 Å². The molecular formula is C23H23Cl2N7O. The molecule has 5 rings (SSSR count). The molecular weight excluding hydrogens is 461 g/mol. The van der Waals surface area contributed by atoms with Crippen LogP contribution >= 0.6 is 24.0 Å². The SMILES string of the molecule is Cl.OC1CCN(c2ccc(C=NNc3ncnc4c3cnn4-c3cccc(Cl)c3)cc2)CC1. The second kappa shape index (κ2) is 10.2. The van der Waals surface area contributed by atoms with Gasteiger partial charge in [-0.05, 0) is 48.7 Å². The Kier molecular flexibility index (Phi) is 7.08. The van der Waals surface area contributed by atoms with E-state index in [1.54, 1.807) is 17.1 Å². The molecule has 2 aromatic heterocycles. The van der Waals surface area contributed by atoms with Crippen LogP contribution in [0.25, 0.3) is 16.7 Å². The first-order valence-corrected chi connectivity index (χ1v) is 10.8. The molecule has 10 heteroatoms. The lowest BCUT2D eigenvalue weighted by atomic mass is 10.1. The van der Waals surface area contributed by atoms with E-state index in [2.05, 4.69) is 42.6 Å². The molecule has 2 aromatic carbocycles. The molecule has 8 nitrogen and oxygen atoms in total. The van der Waals surface area contributed by atoms with Crippen molar-refractivity contribution in [2.24, 2.45) is 5.10 Å². The molecule has 0 saturated carbocycles. The number of anilines is 2. The zero-order valence-electron chi connectivity index (χ0n) is 17.7. The Hall–Kier alpha value is -3.20. The Labute approximate surface area is 202 Å². The van der Waals surface area contributed by atoms with Crippen molar-refractivity contribution in [3.05, 3.63) is 71.6 Å². The predicted octanol–water partition coefficient (Wildman–Crippen LogP) is 4.30. The summed E-state index contributed by atoms with van der Waals surface area (Å²) in [5.41, 5.74) is 6.61. The Bertz CT molecular complexity index is 1250. The topological polar surface area (TPSA) is 91.5 Å². The van der Waals surface area contributed by atoms with E-state index in [1.807, 2.05) is 36.4 Å². The van der Waals surface area contributed by atoms with Gasteiger partial charge in [-0.3, -0.25) is 5.43 Å². The van der Waals surface area contributed by atoms with Crippen LogP contribution in [0.3, 0.4) is 0 Å². The molecule has 0 bridgehead atoms. The molecule has 1 aliphatic rings. The van der Waals surface area contributed by atoms with Crippen LogP contribution in [0.1, 0.15) is 18.4 Å². The highest BCUT2D eigenvalue weighted by Gasteiger charge is 2.17. The zero-order chi connectivity index (χ0) is 21.9. The number of piperidine rings is 1. The summed E-state index contributed by atoms with van der Waals surface area (Å²) < 4.78 is 1.72. The second-order valence-corrected chi connectivity index (χ2v) is 8.11. The maximum Gasteiger partial charge on any atom is 0.168 e. The van der Waals surface area contributed by atoms with Crippen LogP contribution in [0, 0.1) is 0 Å².